The number of hydrogen-bond donors (Lipinski definition) is 1. The molecule has 20 heavy (non-hydrogen) atoms. The van der Waals surface area contributed by atoms with Crippen molar-refractivity contribution >= 4 is 51.5 Å². The molecule has 2 aromatic carbocycles. The molecule has 0 bridgehead atoms. The van der Waals surface area contributed by atoms with Crippen LogP contribution in [0.5, 0.6) is 0 Å². The average molecular weight is 403 g/mol. The average Bonchev–Trinajstić information content (AvgIpc) is 2.40. The number of nitro groups is 1. The Bertz CT molecular complexity index is 691. The number of carbonyl (C=O) groups is 1. The summed E-state index contributed by atoms with van der Waals surface area (Å²) in [5, 5.41) is 13.8. The van der Waals surface area contributed by atoms with E-state index in [-0.39, 0.29) is 16.3 Å². The number of halogens is 2. The Morgan fingerprint density at radius 1 is 1.25 bits per heavy atom. The zero-order chi connectivity index (χ0) is 14.7. The molecule has 0 saturated carbocycles. The molecular weight excluding hydrogens is 395 g/mol. The highest BCUT2D eigenvalue weighted by molar-refractivity contribution is 14.1. The number of rotatable bonds is 3. The lowest BCUT2D eigenvalue weighted by Gasteiger charge is -2.07. The first-order chi connectivity index (χ1) is 9.49. The first-order valence-electron chi connectivity index (χ1n) is 5.49. The molecule has 2 aromatic rings. The maximum atomic E-state index is 12.2. The third-order valence-corrected chi connectivity index (χ3v) is 3.70. The number of benzene rings is 2. The van der Waals surface area contributed by atoms with Gasteiger partial charge in [0.05, 0.1) is 10.6 Å². The number of nitrogens with zero attached hydrogens (tertiary/aromatic N) is 1. The fourth-order valence-corrected chi connectivity index (χ4v) is 2.30. The van der Waals surface area contributed by atoms with Gasteiger partial charge in [-0.05, 0) is 46.9 Å². The van der Waals surface area contributed by atoms with Crippen LogP contribution in [0.2, 0.25) is 5.02 Å². The summed E-state index contributed by atoms with van der Waals surface area (Å²) >= 11 is 7.86. The molecule has 0 heterocycles. The summed E-state index contributed by atoms with van der Waals surface area (Å²) in [6.07, 6.45) is 0. The van der Waals surface area contributed by atoms with Gasteiger partial charge in [0, 0.05) is 14.7 Å². The summed E-state index contributed by atoms with van der Waals surface area (Å²) in [7, 11) is 0. The third-order valence-electron chi connectivity index (χ3n) is 2.52. The number of para-hydroxylation sites is 1. The lowest BCUT2D eigenvalue weighted by Crippen LogP contribution is -2.14. The minimum Gasteiger partial charge on any atom is -0.321 e. The van der Waals surface area contributed by atoms with Crippen molar-refractivity contribution in [3.63, 3.8) is 0 Å². The van der Waals surface area contributed by atoms with E-state index in [2.05, 4.69) is 27.9 Å². The molecule has 0 fully saturated rings. The highest BCUT2D eigenvalue weighted by Crippen LogP contribution is 2.25. The zero-order valence-electron chi connectivity index (χ0n) is 9.97. The molecule has 0 radical (unpaired) electrons. The Hall–Kier alpha value is -1.67. The van der Waals surface area contributed by atoms with E-state index in [1.807, 2.05) is 12.1 Å². The molecule has 5 nitrogen and oxygen atoms in total. The van der Waals surface area contributed by atoms with E-state index in [0.29, 0.717) is 5.69 Å². The van der Waals surface area contributed by atoms with Crippen molar-refractivity contribution in [2.45, 2.75) is 0 Å². The standard InChI is InChI=1S/C13H8ClIN2O3/c14-8-5-6-12(17(19)20)9(7-8)13(18)16-11-4-2-1-3-10(11)15/h1-7H,(H,16,18). The minimum absolute atomic E-state index is 0.0675. The van der Waals surface area contributed by atoms with Crippen molar-refractivity contribution in [1.82, 2.24) is 0 Å². The number of nitro benzene ring substituents is 1. The SMILES string of the molecule is O=C(Nc1ccccc1I)c1cc(Cl)ccc1[N+](=O)[O-]. The van der Waals surface area contributed by atoms with Crippen LogP contribution in [0, 0.1) is 13.7 Å². The highest BCUT2D eigenvalue weighted by atomic mass is 127. The number of carbonyl (C=O) groups excluding carboxylic acids is 1. The first kappa shape index (κ1) is 14.7. The molecule has 1 amide bonds. The molecule has 0 atom stereocenters. The van der Waals surface area contributed by atoms with Gasteiger partial charge in [-0.3, -0.25) is 14.9 Å². The maximum absolute atomic E-state index is 12.2. The van der Waals surface area contributed by atoms with Crippen molar-refractivity contribution in [3.05, 3.63) is 66.7 Å². The predicted octanol–water partition coefficient (Wildman–Crippen LogP) is 4.11. The number of nitrogens with one attached hydrogen (secondary N) is 1. The Kier molecular flexibility index (Phi) is 4.56. The number of hydrogen-bond acceptors (Lipinski definition) is 3. The smallest absolute Gasteiger partial charge is 0.282 e. The Morgan fingerprint density at radius 2 is 1.95 bits per heavy atom. The molecule has 1 N–H and O–H groups in total. The molecule has 2 rings (SSSR count). The number of amides is 1. The van der Waals surface area contributed by atoms with E-state index in [1.165, 1.54) is 18.2 Å². The van der Waals surface area contributed by atoms with Gasteiger partial charge in [-0.25, -0.2) is 0 Å². The van der Waals surface area contributed by atoms with E-state index in [9.17, 15) is 14.9 Å². The van der Waals surface area contributed by atoms with Crippen LogP contribution in [0.3, 0.4) is 0 Å². The van der Waals surface area contributed by atoms with Crippen LogP contribution < -0.4 is 5.32 Å². The molecule has 0 spiro atoms. The molecular formula is C13H8ClIN2O3. The fraction of sp³-hybridized carbons (Fsp3) is 0. The minimum atomic E-state index is -0.610. The van der Waals surface area contributed by atoms with Crippen LogP contribution in [0.4, 0.5) is 11.4 Å². The summed E-state index contributed by atoms with van der Waals surface area (Å²) in [5.74, 6) is -0.566. The maximum Gasteiger partial charge on any atom is 0.282 e. The molecule has 0 aliphatic heterocycles. The van der Waals surface area contributed by atoms with Crippen LogP contribution >= 0.6 is 34.2 Å². The van der Waals surface area contributed by atoms with Crippen LogP contribution in [0.1, 0.15) is 10.4 Å². The van der Waals surface area contributed by atoms with E-state index < -0.39 is 10.8 Å². The fourth-order valence-electron chi connectivity index (χ4n) is 1.60. The van der Waals surface area contributed by atoms with Crippen LogP contribution in [-0.4, -0.2) is 10.8 Å². The second kappa shape index (κ2) is 6.19. The Morgan fingerprint density at radius 3 is 2.60 bits per heavy atom. The second-order valence-corrected chi connectivity index (χ2v) is 5.45. The van der Waals surface area contributed by atoms with Crippen molar-refractivity contribution < 1.29 is 9.72 Å². The van der Waals surface area contributed by atoms with Crippen molar-refractivity contribution in [1.29, 1.82) is 0 Å². The lowest BCUT2D eigenvalue weighted by atomic mass is 10.1. The normalized spacial score (nSPS) is 10.1. The summed E-state index contributed by atoms with van der Waals surface area (Å²) in [5.41, 5.74) is 0.243. The van der Waals surface area contributed by atoms with Gasteiger partial charge in [-0.2, -0.15) is 0 Å². The molecule has 102 valence electrons. The molecule has 0 aromatic heterocycles. The Labute approximate surface area is 133 Å². The van der Waals surface area contributed by atoms with E-state index in [4.69, 9.17) is 11.6 Å². The largest absolute Gasteiger partial charge is 0.321 e. The highest BCUT2D eigenvalue weighted by Gasteiger charge is 2.20. The van der Waals surface area contributed by atoms with E-state index in [1.54, 1.807) is 12.1 Å². The van der Waals surface area contributed by atoms with Gasteiger partial charge >= 0.3 is 0 Å². The summed E-state index contributed by atoms with van der Waals surface area (Å²) < 4.78 is 0.836. The predicted molar refractivity (Wildman–Crippen MR) is 85.2 cm³/mol. The summed E-state index contributed by atoms with van der Waals surface area (Å²) in [6.45, 7) is 0. The first-order valence-corrected chi connectivity index (χ1v) is 6.94. The third kappa shape index (κ3) is 3.26. The quantitative estimate of drug-likeness (QED) is 0.477. The van der Waals surface area contributed by atoms with Gasteiger partial charge < -0.3 is 5.32 Å². The molecule has 0 unspecified atom stereocenters. The van der Waals surface area contributed by atoms with Gasteiger partial charge in [0.2, 0.25) is 0 Å². The van der Waals surface area contributed by atoms with Crippen molar-refractivity contribution in [3.8, 4) is 0 Å². The van der Waals surface area contributed by atoms with E-state index in [0.717, 1.165) is 3.57 Å². The van der Waals surface area contributed by atoms with Crippen molar-refractivity contribution in [2.75, 3.05) is 5.32 Å². The molecule has 7 heteroatoms. The van der Waals surface area contributed by atoms with E-state index >= 15 is 0 Å². The second-order valence-electron chi connectivity index (χ2n) is 3.85. The summed E-state index contributed by atoms with van der Waals surface area (Å²) in [6, 6.07) is 11.0. The monoisotopic (exact) mass is 402 g/mol. The van der Waals surface area contributed by atoms with Gasteiger partial charge in [-0.15, -0.1) is 0 Å². The molecule has 0 saturated heterocycles. The topological polar surface area (TPSA) is 72.2 Å². The van der Waals surface area contributed by atoms with Crippen LogP contribution in [-0.2, 0) is 0 Å². The summed E-state index contributed by atoms with van der Waals surface area (Å²) in [4.78, 5) is 22.5. The number of anilines is 1. The van der Waals surface area contributed by atoms with Crippen LogP contribution in [0.25, 0.3) is 0 Å². The lowest BCUT2D eigenvalue weighted by molar-refractivity contribution is -0.385. The molecule has 0 aliphatic rings. The van der Waals surface area contributed by atoms with Gasteiger partial charge in [-0.1, -0.05) is 23.7 Å². The van der Waals surface area contributed by atoms with Crippen LogP contribution in [0.15, 0.2) is 42.5 Å². The zero-order valence-corrected chi connectivity index (χ0v) is 12.9. The van der Waals surface area contributed by atoms with Gasteiger partial charge in [0.1, 0.15) is 5.56 Å². The molecule has 0 aliphatic carbocycles. The Balaban J connectivity index is 2.37. The van der Waals surface area contributed by atoms with Gasteiger partial charge in [0.25, 0.3) is 11.6 Å². The van der Waals surface area contributed by atoms with Crippen molar-refractivity contribution in [2.24, 2.45) is 0 Å². The van der Waals surface area contributed by atoms with Gasteiger partial charge in [0.15, 0.2) is 0 Å².